The highest BCUT2D eigenvalue weighted by Gasteiger charge is 2.59. The van der Waals surface area contributed by atoms with Crippen molar-refractivity contribution < 1.29 is 19.2 Å². The molecule has 0 radical (unpaired) electrons. The molecule has 0 aromatic carbocycles. The molecule has 2 heterocycles. The Morgan fingerprint density at radius 3 is 3.04 bits per heavy atom. The normalized spacial score (nSPS) is 39.2. The SMILES string of the molecule is CON1C=C(Br)C23CC(C=O)CCC2OC2=C3C(CC(=O)C2)C1. The summed E-state index contributed by atoms with van der Waals surface area (Å²) in [5, 5.41) is 1.78. The molecule has 2 aliphatic heterocycles. The van der Waals surface area contributed by atoms with E-state index in [1.807, 2.05) is 6.20 Å². The van der Waals surface area contributed by atoms with Crippen LogP contribution in [0.25, 0.3) is 0 Å². The van der Waals surface area contributed by atoms with Gasteiger partial charge in [-0.3, -0.25) is 14.7 Å². The number of ether oxygens (including phenoxy) is 1. The van der Waals surface area contributed by atoms with E-state index in [9.17, 15) is 9.59 Å². The molecule has 1 spiro atoms. The fraction of sp³-hybridized carbons (Fsp3) is 0.647. The highest BCUT2D eigenvalue weighted by atomic mass is 79.9. The first kappa shape index (κ1) is 15.4. The predicted octanol–water partition coefficient (Wildman–Crippen LogP) is 2.72. The Morgan fingerprint density at radius 2 is 2.30 bits per heavy atom. The highest BCUT2D eigenvalue weighted by Crippen LogP contribution is 2.62. The van der Waals surface area contributed by atoms with Crippen LogP contribution in [0.2, 0.25) is 0 Å². The molecular formula is C17H20BrNO4. The molecule has 4 rings (SSSR count). The number of Topliss-reactive ketones (excluding diaryl/α,β-unsaturated/α-hetero) is 1. The molecule has 23 heavy (non-hydrogen) atoms. The zero-order valence-corrected chi connectivity index (χ0v) is 14.7. The van der Waals surface area contributed by atoms with Gasteiger partial charge in [0.15, 0.2) is 0 Å². The molecule has 0 saturated heterocycles. The molecule has 4 atom stereocenters. The van der Waals surface area contributed by atoms with Crippen molar-refractivity contribution in [2.75, 3.05) is 13.7 Å². The minimum atomic E-state index is -0.308. The summed E-state index contributed by atoms with van der Waals surface area (Å²) in [5.74, 6) is 1.21. The predicted molar refractivity (Wildman–Crippen MR) is 86.2 cm³/mol. The van der Waals surface area contributed by atoms with Crippen molar-refractivity contribution in [3.63, 3.8) is 0 Å². The Hall–Kier alpha value is -1.14. The summed E-state index contributed by atoms with van der Waals surface area (Å²) in [6.45, 7) is 0.639. The number of hydrogen-bond donors (Lipinski definition) is 0. The Kier molecular flexibility index (Phi) is 3.65. The van der Waals surface area contributed by atoms with Crippen molar-refractivity contribution >= 4 is 28.0 Å². The summed E-state index contributed by atoms with van der Waals surface area (Å²) in [5.41, 5.74) is 0.925. The smallest absolute Gasteiger partial charge is 0.141 e. The van der Waals surface area contributed by atoms with Gasteiger partial charge in [0, 0.05) is 28.9 Å². The fourth-order valence-corrected chi connectivity index (χ4v) is 5.69. The van der Waals surface area contributed by atoms with Crippen molar-refractivity contribution in [1.82, 2.24) is 5.06 Å². The van der Waals surface area contributed by atoms with Gasteiger partial charge in [0.1, 0.15) is 23.9 Å². The third-order valence-corrected chi connectivity index (χ3v) is 6.66. The molecule has 0 aromatic rings. The van der Waals surface area contributed by atoms with E-state index in [0.717, 1.165) is 35.8 Å². The molecule has 6 heteroatoms. The number of nitrogens with zero attached hydrogens (tertiary/aromatic N) is 1. The van der Waals surface area contributed by atoms with Crippen molar-refractivity contribution in [2.24, 2.45) is 17.3 Å². The minimum absolute atomic E-state index is 0.0135. The van der Waals surface area contributed by atoms with Gasteiger partial charge < -0.3 is 9.53 Å². The first-order chi connectivity index (χ1) is 11.1. The number of allylic oxidation sites excluding steroid dienone is 1. The lowest BCUT2D eigenvalue weighted by atomic mass is 9.61. The van der Waals surface area contributed by atoms with Crippen LogP contribution in [-0.2, 0) is 19.2 Å². The number of carbonyl (C=O) groups excluding carboxylic acids is 2. The number of hydrogen-bond acceptors (Lipinski definition) is 5. The summed E-state index contributed by atoms with van der Waals surface area (Å²) in [6.07, 6.45) is 6.41. The van der Waals surface area contributed by atoms with Gasteiger partial charge in [-0.15, -0.1) is 0 Å². The average Bonchev–Trinajstić information content (AvgIpc) is 2.81. The number of rotatable bonds is 2. The van der Waals surface area contributed by atoms with Gasteiger partial charge in [-0.1, -0.05) is 15.9 Å². The first-order valence-corrected chi connectivity index (χ1v) is 8.93. The number of halogens is 1. The molecule has 4 unspecified atom stereocenters. The molecule has 0 bridgehead atoms. The standard InChI is InChI=1S/C17H20BrNO4/c1-22-19-7-11-4-12(21)5-13-16(11)17(14(18)8-19)6-10(9-20)2-3-15(17)23-13/h8-11,15H,2-7H2,1H3. The topological polar surface area (TPSA) is 55.8 Å². The number of ketones is 1. The summed E-state index contributed by atoms with van der Waals surface area (Å²) < 4.78 is 7.25. The maximum atomic E-state index is 12.2. The quantitative estimate of drug-likeness (QED) is 0.688. The van der Waals surface area contributed by atoms with Gasteiger partial charge in [0.05, 0.1) is 25.5 Å². The van der Waals surface area contributed by atoms with Crippen molar-refractivity contribution in [2.45, 2.75) is 38.2 Å². The van der Waals surface area contributed by atoms with E-state index in [-0.39, 0.29) is 29.1 Å². The molecule has 2 aliphatic carbocycles. The van der Waals surface area contributed by atoms with Crippen LogP contribution < -0.4 is 0 Å². The van der Waals surface area contributed by atoms with Gasteiger partial charge >= 0.3 is 0 Å². The average molecular weight is 382 g/mol. The van der Waals surface area contributed by atoms with Crippen LogP contribution in [0.5, 0.6) is 0 Å². The van der Waals surface area contributed by atoms with Crippen LogP contribution in [0, 0.1) is 17.3 Å². The Labute approximate surface area is 143 Å². The van der Waals surface area contributed by atoms with Gasteiger partial charge in [-0.05, 0) is 24.8 Å². The lowest BCUT2D eigenvalue weighted by Crippen LogP contribution is -2.42. The summed E-state index contributed by atoms with van der Waals surface area (Å²) >= 11 is 3.76. The summed E-state index contributed by atoms with van der Waals surface area (Å²) in [4.78, 5) is 29.1. The van der Waals surface area contributed by atoms with Gasteiger partial charge in [-0.25, -0.2) is 0 Å². The Balaban J connectivity index is 1.88. The zero-order chi connectivity index (χ0) is 16.2. The maximum absolute atomic E-state index is 12.2. The molecule has 0 N–H and O–H groups in total. The van der Waals surface area contributed by atoms with Crippen LogP contribution in [0.3, 0.4) is 0 Å². The number of aldehydes is 1. The molecule has 0 amide bonds. The van der Waals surface area contributed by atoms with Crippen LogP contribution in [-0.4, -0.2) is 36.9 Å². The first-order valence-electron chi connectivity index (χ1n) is 8.14. The van der Waals surface area contributed by atoms with Gasteiger partial charge in [0.25, 0.3) is 0 Å². The lowest BCUT2D eigenvalue weighted by Gasteiger charge is -2.42. The van der Waals surface area contributed by atoms with Gasteiger partial charge in [0.2, 0.25) is 0 Å². The van der Waals surface area contributed by atoms with Crippen LogP contribution in [0.15, 0.2) is 22.0 Å². The number of hydroxylamine groups is 2. The maximum Gasteiger partial charge on any atom is 0.141 e. The van der Waals surface area contributed by atoms with Gasteiger partial charge in [-0.2, -0.15) is 0 Å². The second-order valence-electron chi connectivity index (χ2n) is 6.97. The fourth-order valence-electron chi connectivity index (χ4n) is 4.83. The van der Waals surface area contributed by atoms with E-state index in [1.54, 1.807) is 12.2 Å². The minimum Gasteiger partial charge on any atom is -0.493 e. The molecule has 1 fully saturated rings. The Bertz CT molecular complexity index is 628. The van der Waals surface area contributed by atoms with E-state index in [0.29, 0.717) is 19.4 Å². The van der Waals surface area contributed by atoms with E-state index in [2.05, 4.69) is 15.9 Å². The van der Waals surface area contributed by atoms with Crippen LogP contribution in [0.1, 0.15) is 32.1 Å². The monoisotopic (exact) mass is 381 g/mol. The number of carbonyl (C=O) groups is 2. The molecule has 4 aliphatic rings. The summed E-state index contributed by atoms with van der Waals surface area (Å²) in [6, 6.07) is 0. The largest absolute Gasteiger partial charge is 0.493 e. The molecule has 124 valence electrons. The van der Waals surface area contributed by atoms with Crippen molar-refractivity contribution in [3.8, 4) is 0 Å². The molecular weight excluding hydrogens is 362 g/mol. The third kappa shape index (κ3) is 2.14. The van der Waals surface area contributed by atoms with E-state index < -0.39 is 0 Å². The lowest BCUT2D eigenvalue weighted by molar-refractivity contribution is -0.122. The van der Waals surface area contributed by atoms with Crippen molar-refractivity contribution in [1.29, 1.82) is 0 Å². The second-order valence-corrected chi connectivity index (χ2v) is 7.82. The molecule has 0 aromatic heterocycles. The highest BCUT2D eigenvalue weighted by molar-refractivity contribution is 9.11. The second kappa shape index (κ2) is 5.45. The van der Waals surface area contributed by atoms with E-state index >= 15 is 0 Å². The Morgan fingerprint density at radius 1 is 1.48 bits per heavy atom. The third-order valence-electron chi connectivity index (χ3n) is 5.75. The molecule has 5 nitrogen and oxygen atoms in total. The van der Waals surface area contributed by atoms with E-state index in [1.165, 1.54) is 5.57 Å². The molecule has 1 saturated carbocycles. The van der Waals surface area contributed by atoms with E-state index in [4.69, 9.17) is 9.57 Å². The van der Waals surface area contributed by atoms with Crippen molar-refractivity contribution in [3.05, 3.63) is 22.0 Å². The van der Waals surface area contributed by atoms with Crippen LogP contribution >= 0.6 is 15.9 Å². The van der Waals surface area contributed by atoms with Crippen LogP contribution in [0.4, 0.5) is 0 Å². The zero-order valence-electron chi connectivity index (χ0n) is 13.1. The summed E-state index contributed by atoms with van der Waals surface area (Å²) in [7, 11) is 1.64.